The summed E-state index contributed by atoms with van der Waals surface area (Å²) in [5.41, 5.74) is -0.529. The molecule has 1 aromatic rings. The van der Waals surface area contributed by atoms with Crippen LogP contribution in [-0.4, -0.2) is 22.0 Å². The molecule has 2 N–H and O–H groups in total. The number of amides is 1. The summed E-state index contributed by atoms with van der Waals surface area (Å²) in [6, 6.07) is 2.25. The maximum atomic E-state index is 12.9. The highest BCUT2D eigenvalue weighted by Crippen LogP contribution is 2.09. The second-order valence-corrected chi connectivity index (χ2v) is 2.52. The van der Waals surface area contributed by atoms with Gasteiger partial charge >= 0.3 is 5.97 Å². The average molecular weight is 198 g/mol. The highest BCUT2D eigenvalue weighted by atomic mass is 19.1. The largest absolute Gasteiger partial charge is 0.478 e. The Morgan fingerprint density at radius 1 is 1.50 bits per heavy atom. The van der Waals surface area contributed by atoms with Gasteiger partial charge in [0, 0.05) is 6.92 Å². The Bertz CT molecular complexity index is 392. The molecule has 6 heteroatoms. The summed E-state index contributed by atoms with van der Waals surface area (Å²) in [4.78, 5) is 24.2. The first-order valence-corrected chi connectivity index (χ1v) is 3.68. The third kappa shape index (κ3) is 2.25. The topological polar surface area (TPSA) is 79.3 Å². The van der Waals surface area contributed by atoms with E-state index in [1.54, 1.807) is 0 Å². The molecule has 0 bridgehead atoms. The fraction of sp³-hybridized carbons (Fsp3) is 0.125. The number of rotatable bonds is 2. The molecule has 0 aliphatic carbocycles. The van der Waals surface area contributed by atoms with Crippen LogP contribution in [0, 0.1) is 5.95 Å². The van der Waals surface area contributed by atoms with Gasteiger partial charge in [0.25, 0.3) is 0 Å². The summed E-state index contributed by atoms with van der Waals surface area (Å²) >= 11 is 0. The van der Waals surface area contributed by atoms with E-state index < -0.39 is 23.4 Å². The Balaban J connectivity index is 3.00. The molecule has 1 amide bonds. The van der Waals surface area contributed by atoms with Crippen LogP contribution in [0.2, 0.25) is 0 Å². The highest BCUT2D eigenvalue weighted by Gasteiger charge is 2.11. The fourth-order valence-corrected chi connectivity index (χ4v) is 0.844. The van der Waals surface area contributed by atoms with Crippen LogP contribution in [0.3, 0.4) is 0 Å². The zero-order chi connectivity index (χ0) is 10.7. The van der Waals surface area contributed by atoms with Crippen molar-refractivity contribution in [1.82, 2.24) is 4.98 Å². The van der Waals surface area contributed by atoms with Gasteiger partial charge in [0.2, 0.25) is 11.9 Å². The lowest BCUT2D eigenvalue weighted by Gasteiger charge is -2.01. The molecule has 1 aromatic heterocycles. The van der Waals surface area contributed by atoms with Crippen LogP contribution in [-0.2, 0) is 4.79 Å². The van der Waals surface area contributed by atoms with Crippen molar-refractivity contribution in [1.29, 1.82) is 0 Å². The van der Waals surface area contributed by atoms with Crippen molar-refractivity contribution in [2.45, 2.75) is 6.92 Å². The molecule has 1 rings (SSSR count). The molecule has 0 spiro atoms. The van der Waals surface area contributed by atoms with Crippen molar-refractivity contribution in [3.05, 3.63) is 23.6 Å². The first kappa shape index (κ1) is 10.1. The molecule has 14 heavy (non-hydrogen) atoms. The van der Waals surface area contributed by atoms with E-state index in [0.29, 0.717) is 0 Å². The average Bonchev–Trinajstić information content (AvgIpc) is 2.01. The molecule has 0 saturated carbocycles. The number of pyridine rings is 1. The number of anilines is 1. The number of carbonyl (C=O) groups is 2. The first-order chi connectivity index (χ1) is 6.50. The molecule has 0 aliphatic rings. The molecule has 0 saturated heterocycles. The van der Waals surface area contributed by atoms with E-state index in [9.17, 15) is 14.0 Å². The van der Waals surface area contributed by atoms with Gasteiger partial charge in [-0.05, 0) is 12.1 Å². The van der Waals surface area contributed by atoms with Gasteiger partial charge in [-0.15, -0.1) is 0 Å². The molecule has 0 atom stereocenters. The number of hydrogen-bond donors (Lipinski definition) is 2. The van der Waals surface area contributed by atoms with E-state index >= 15 is 0 Å². The van der Waals surface area contributed by atoms with Crippen molar-refractivity contribution in [3.63, 3.8) is 0 Å². The summed E-state index contributed by atoms with van der Waals surface area (Å²) in [5, 5.41) is 10.7. The molecule has 0 aliphatic heterocycles. The number of aromatic carboxylic acids is 1. The van der Waals surface area contributed by atoms with Gasteiger partial charge in [0.15, 0.2) is 0 Å². The maximum Gasteiger partial charge on any atom is 0.340 e. The van der Waals surface area contributed by atoms with Gasteiger partial charge in [-0.1, -0.05) is 0 Å². The van der Waals surface area contributed by atoms with E-state index in [1.807, 2.05) is 0 Å². The summed E-state index contributed by atoms with van der Waals surface area (Å²) in [6.07, 6.45) is 0. The first-order valence-electron chi connectivity index (χ1n) is 3.68. The molecule has 5 nitrogen and oxygen atoms in total. The number of hydrogen-bond acceptors (Lipinski definition) is 3. The number of nitrogens with zero attached hydrogens (tertiary/aromatic N) is 1. The second kappa shape index (κ2) is 3.82. The number of nitrogens with one attached hydrogen (secondary N) is 1. The molecule has 0 unspecified atom stereocenters. The van der Waals surface area contributed by atoms with Crippen molar-refractivity contribution >= 4 is 17.7 Å². The Kier molecular flexibility index (Phi) is 2.76. The zero-order valence-corrected chi connectivity index (χ0v) is 7.24. The number of carboxylic acids is 1. The van der Waals surface area contributed by atoms with E-state index in [-0.39, 0.29) is 5.82 Å². The molecule has 74 valence electrons. The van der Waals surface area contributed by atoms with Crippen LogP contribution in [0.5, 0.6) is 0 Å². The number of carbonyl (C=O) groups excluding carboxylic acids is 1. The Labute approximate surface area is 78.6 Å². The van der Waals surface area contributed by atoms with Crippen molar-refractivity contribution in [2.75, 3.05) is 5.32 Å². The lowest BCUT2D eigenvalue weighted by atomic mass is 10.3. The van der Waals surface area contributed by atoms with Crippen LogP contribution in [0.1, 0.15) is 17.3 Å². The standard InChI is InChI=1S/C8H7FN2O3/c1-4(12)10-6-3-2-5(8(13)14)7(9)11-6/h2-3H,1H3,(H,13,14)(H,10,11,12). The van der Waals surface area contributed by atoms with E-state index in [0.717, 1.165) is 6.07 Å². The Morgan fingerprint density at radius 2 is 2.14 bits per heavy atom. The summed E-state index contributed by atoms with van der Waals surface area (Å²) in [5.74, 6) is -2.94. The molecular weight excluding hydrogens is 191 g/mol. The number of halogens is 1. The van der Waals surface area contributed by atoms with Gasteiger partial charge < -0.3 is 10.4 Å². The normalized spacial score (nSPS) is 9.57. The maximum absolute atomic E-state index is 12.9. The predicted octanol–water partition coefficient (Wildman–Crippen LogP) is 0.877. The predicted molar refractivity (Wildman–Crippen MR) is 45.5 cm³/mol. The Morgan fingerprint density at radius 3 is 2.57 bits per heavy atom. The van der Waals surface area contributed by atoms with Crippen LogP contribution in [0.15, 0.2) is 12.1 Å². The van der Waals surface area contributed by atoms with Crippen LogP contribution >= 0.6 is 0 Å². The van der Waals surface area contributed by atoms with Gasteiger partial charge in [-0.25, -0.2) is 9.78 Å². The smallest absolute Gasteiger partial charge is 0.340 e. The zero-order valence-electron chi connectivity index (χ0n) is 7.24. The monoisotopic (exact) mass is 198 g/mol. The fourth-order valence-electron chi connectivity index (χ4n) is 0.844. The van der Waals surface area contributed by atoms with Crippen molar-refractivity contribution in [2.24, 2.45) is 0 Å². The minimum atomic E-state index is -1.40. The van der Waals surface area contributed by atoms with Crippen LogP contribution in [0.25, 0.3) is 0 Å². The molecule has 0 aromatic carbocycles. The van der Waals surface area contributed by atoms with E-state index in [2.05, 4.69) is 10.3 Å². The summed E-state index contributed by atoms with van der Waals surface area (Å²) in [6.45, 7) is 1.24. The van der Waals surface area contributed by atoms with Gasteiger partial charge in [-0.2, -0.15) is 4.39 Å². The summed E-state index contributed by atoms with van der Waals surface area (Å²) < 4.78 is 12.9. The number of aromatic nitrogens is 1. The highest BCUT2D eigenvalue weighted by molar-refractivity contribution is 5.90. The third-order valence-corrected chi connectivity index (χ3v) is 1.38. The minimum Gasteiger partial charge on any atom is -0.478 e. The van der Waals surface area contributed by atoms with E-state index in [1.165, 1.54) is 13.0 Å². The molecule has 1 heterocycles. The molecular formula is C8H7FN2O3. The lowest BCUT2D eigenvalue weighted by Crippen LogP contribution is -2.10. The van der Waals surface area contributed by atoms with Crippen molar-refractivity contribution < 1.29 is 19.1 Å². The Hall–Kier alpha value is -1.98. The SMILES string of the molecule is CC(=O)Nc1ccc(C(=O)O)c(F)n1. The summed E-state index contributed by atoms with van der Waals surface area (Å²) in [7, 11) is 0. The van der Waals surface area contributed by atoms with Crippen molar-refractivity contribution in [3.8, 4) is 0 Å². The molecule has 0 radical (unpaired) electrons. The molecule has 0 fully saturated rings. The van der Waals surface area contributed by atoms with E-state index in [4.69, 9.17) is 5.11 Å². The third-order valence-electron chi connectivity index (χ3n) is 1.38. The minimum absolute atomic E-state index is 0.0139. The van der Waals surface area contributed by atoms with Crippen LogP contribution in [0.4, 0.5) is 10.2 Å². The quantitative estimate of drug-likeness (QED) is 0.691. The van der Waals surface area contributed by atoms with Gasteiger partial charge in [-0.3, -0.25) is 4.79 Å². The van der Waals surface area contributed by atoms with Gasteiger partial charge in [0.1, 0.15) is 11.4 Å². The second-order valence-electron chi connectivity index (χ2n) is 2.52. The van der Waals surface area contributed by atoms with Gasteiger partial charge in [0.05, 0.1) is 0 Å². The number of carboxylic acid groups (broad SMARTS) is 1. The van der Waals surface area contributed by atoms with Crippen LogP contribution < -0.4 is 5.32 Å². The lowest BCUT2D eigenvalue weighted by molar-refractivity contribution is -0.114.